The molecule has 0 aliphatic heterocycles. The molecule has 3 aromatic carbocycles. The predicted octanol–water partition coefficient (Wildman–Crippen LogP) is 5.61. The van der Waals surface area contributed by atoms with Crippen LogP contribution in [-0.4, -0.2) is 21.7 Å². The van der Waals surface area contributed by atoms with E-state index in [1.807, 2.05) is 30.3 Å². The third kappa shape index (κ3) is 4.59. The lowest BCUT2D eigenvalue weighted by molar-refractivity contribution is 0.0558. The first-order valence-electron chi connectivity index (χ1n) is 11.6. The first kappa shape index (κ1) is 22.9. The molecule has 1 aliphatic rings. The van der Waals surface area contributed by atoms with Crippen LogP contribution >= 0.6 is 0 Å². The summed E-state index contributed by atoms with van der Waals surface area (Å²) in [7, 11) is 0. The Bertz CT molecular complexity index is 1530. The van der Waals surface area contributed by atoms with Crippen molar-refractivity contribution in [3.63, 3.8) is 0 Å². The number of aliphatic hydroxyl groups is 2. The van der Waals surface area contributed by atoms with E-state index in [0.29, 0.717) is 33.5 Å². The van der Waals surface area contributed by atoms with E-state index < -0.39 is 11.2 Å². The SMILES string of the molecule is CC(C)(O)C#Cc1cc(C(=O)Nc2ccc3c(c2)Cc2ccccc2-3)c2oc(C(C)(C)O)cc2c1. The molecule has 0 saturated carbocycles. The van der Waals surface area contributed by atoms with Gasteiger partial charge in [-0.15, -0.1) is 0 Å². The first-order chi connectivity index (χ1) is 16.5. The Morgan fingerprint density at radius 3 is 2.43 bits per heavy atom. The van der Waals surface area contributed by atoms with E-state index in [9.17, 15) is 15.0 Å². The molecule has 0 spiro atoms. The molecular formula is C30H27NO4. The molecule has 0 saturated heterocycles. The average Bonchev–Trinajstić information content (AvgIpc) is 3.37. The van der Waals surface area contributed by atoms with Crippen molar-refractivity contribution >= 4 is 22.6 Å². The Labute approximate surface area is 204 Å². The molecule has 35 heavy (non-hydrogen) atoms. The second-order valence-electron chi connectivity index (χ2n) is 10.1. The standard InChI is InChI=1S/C30H27NO4/c1-29(2,33)12-11-18-13-21-17-26(30(3,4)34)35-27(21)25(14-18)28(32)31-22-9-10-24-20(16-22)15-19-7-5-6-8-23(19)24/h5-10,13-14,16-17,33-34H,15H2,1-4H3,(H,31,32). The van der Waals surface area contributed by atoms with E-state index in [2.05, 4.69) is 29.3 Å². The maximum absolute atomic E-state index is 13.4. The normalized spacial score (nSPS) is 12.6. The summed E-state index contributed by atoms with van der Waals surface area (Å²) in [4.78, 5) is 13.4. The topological polar surface area (TPSA) is 82.7 Å². The van der Waals surface area contributed by atoms with Crippen LogP contribution in [0.3, 0.4) is 0 Å². The molecule has 1 amide bonds. The van der Waals surface area contributed by atoms with Gasteiger partial charge in [0.15, 0.2) is 0 Å². The lowest BCUT2D eigenvalue weighted by Gasteiger charge is -2.12. The molecule has 0 atom stereocenters. The van der Waals surface area contributed by atoms with Crippen molar-refractivity contribution in [2.75, 3.05) is 5.32 Å². The molecule has 1 aromatic heterocycles. The smallest absolute Gasteiger partial charge is 0.259 e. The summed E-state index contributed by atoms with van der Waals surface area (Å²) in [5.74, 6) is 5.74. The second kappa shape index (κ2) is 8.13. The number of carbonyl (C=O) groups is 1. The number of benzene rings is 3. The Balaban J connectivity index is 1.52. The molecule has 176 valence electrons. The van der Waals surface area contributed by atoms with Gasteiger partial charge in [0.05, 0.1) is 5.56 Å². The number of amides is 1. The number of rotatable bonds is 3. The maximum atomic E-state index is 13.4. The molecule has 0 radical (unpaired) electrons. The van der Waals surface area contributed by atoms with Gasteiger partial charge in [0.1, 0.15) is 22.5 Å². The Kier molecular flexibility index (Phi) is 5.32. The van der Waals surface area contributed by atoms with Gasteiger partial charge in [0.2, 0.25) is 0 Å². The summed E-state index contributed by atoms with van der Waals surface area (Å²) in [5, 5.41) is 24.1. The molecule has 5 nitrogen and oxygen atoms in total. The third-order valence-corrected chi connectivity index (χ3v) is 6.03. The molecule has 0 unspecified atom stereocenters. The number of nitrogens with one attached hydrogen (secondary N) is 1. The fourth-order valence-electron chi connectivity index (χ4n) is 4.34. The summed E-state index contributed by atoms with van der Waals surface area (Å²) in [6.45, 7) is 6.45. The van der Waals surface area contributed by atoms with E-state index >= 15 is 0 Å². The Hall–Kier alpha value is -3.85. The van der Waals surface area contributed by atoms with Crippen LogP contribution in [0.2, 0.25) is 0 Å². The van der Waals surface area contributed by atoms with Gasteiger partial charge < -0.3 is 19.9 Å². The molecule has 0 fully saturated rings. The predicted molar refractivity (Wildman–Crippen MR) is 137 cm³/mol. The van der Waals surface area contributed by atoms with Gasteiger partial charge in [0.25, 0.3) is 5.91 Å². The van der Waals surface area contributed by atoms with Gasteiger partial charge in [-0.3, -0.25) is 4.79 Å². The largest absolute Gasteiger partial charge is 0.457 e. The molecule has 5 rings (SSSR count). The van der Waals surface area contributed by atoms with Crippen molar-refractivity contribution < 1.29 is 19.4 Å². The molecule has 1 aliphatic carbocycles. The van der Waals surface area contributed by atoms with Crippen LogP contribution in [0.15, 0.2) is 65.1 Å². The highest BCUT2D eigenvalue weighted by Crippen LogP contribution is 2.38. The lowest BCUT2D eigenvalue weighted by Crippen LogP contribution is -2.15. The van der Waals surface area contributed by atoms with Crippen molar-refractivity contribution in [3.8, 4) is 23.0 Å². The zero-order chi connectivity index (χ0) is 25.0. The van der Waals surface area contributed by atoms with Crippen LogP contribution in [-0.2, 0) is 12.0 Å². The number of hydrogen-bond acceptors (Lipinski definition) is 4. The van der Waals surface area contributed by atoms with Gasteiger partial charge in [-0.25, -0.2) is 0 Å². The molecule has 3 N–H and O–H groups in total. The minimum absolute atomic E-state index is 0.307. The molecular weight excluding hydrogens is 438 g/mol. The van der Waals surface area contributed by atoms with Gasteiger partial charge in [-0.1, -0.05) is 42.2 Å². The van der Waals surface area contributed by atoms with E-state index in [-0.39, 0.29) is 5.91 Å². The lowest BCUT2D eigenvalue weighted by atomic mass is 10.0. The van der Waals surface area contributed by atoms with Crippen LogP contribution in [0.1, 0.15) is 60.5 Å². The highest BCUT2D eigenvalue weighted by atomic mass is 16.4. The summed E-state index contributed by atoms with van der Waals surface area (Å²) in [6.07, 6.45) is 0.828. The van der Waals surface area contributed by atoms with Gasteiger partial charge in [-0.05, 0) is 86.7 Å². The van der Waals surface area contributed by atoms with Crippen LogP contribution < -0.4 is 5.32 Å². The highest BCUT2D eigenvalue weighted by Gasteiger charge is 2.25. The zero-order valence-corrected chi connectivity index (χ0v) is 20.2. The summed E-state index contributed by atoms with van der Waals surface area (Å²) < 4.78 is 5.93. The van der Waals surface area contributed by atoms with Crippen molar-refractivity contribution in [2.45, 2.75) is 45.3 Å². The summed E-state index contributed by atoms with van der Waals surface area (Å²) in [6, 6.07) is 19.4. The first-order valence-corrected chi connectivity index (χ1v) is 11.6. The number of carbonyl (C=O) groups excluding carboxylic acids is 1. The van der Waals surface area contributed by atoms with Crippen molar-refractivity contribution in [3.05, 3.63) is 88.7 Å². The number of hydrogen-bond donors (Lipinski definition) is 3. The quantitative estimate of drug-likeness (QED) is 0.303. The van der Waals surface area contributed by atoms with Gasteiger partial charge >= 0.3 is 0 Å². The zero-order valence-electron chi connectivity index (χ0n) is 20.2. The monoisotopic (exact) mass is 465 g/mol. The van der Waals surface area contributed by atoms with Crippen molar-refractivity contribution in [2.24, 2.45) is 0 Å². The van der Waals surface area contributed by atoms with Crippen molar-refractivity contribution in [1.29, 1.82) is 0 Å². The highest BCUT2D eigenvalue weighted by molar-refractivity contribution is 6.12. The minimum Gasteiger partial charge on any atom is -0.457 e. The van der Waals surface area contributed by atoms with Gasteiger partial charge in [0, 0.05) is 16.6 Å². The number of anilines is 1. The van der Waals surface area contributed by atoms with Crippen LogP contribution in [0, 0.1) is 11.8 Å². The second-order valence-corrected chi connectivity index (χ2v) is 10.1. The molecule has 4 aromatic rings. The summed E-state index contributed by atoms with van der Waals surface area (Å²) in [5.41, 5.74) is 4.43. The van der Waals surface area contributed by atoms with Crippen LogP contribution in [0.25, 0.3) is 22.1 Å². The summed E-state index contributed by atoms with van der Waals surface area (Å²) >= 11 is 0. The van der Waals surface area contributed by atoms with Crippen LogP contribution in [0.4, 0.5) is 5.69 Å². The number of fused-ring (bicyclic) bond motifs is 4. The van der Waals surface area contributed by atoms with Crippen LogP contribution in [0.5, 0.6) is 0 Å². The van der Waals surface area contributed by atoms with E-state index in [1.54, 1.807) is 45.9 Å². The van der Waals surface area contributed by atoms with Gasteiger partial charge in [-0.2, -0.15) is 0 Å². The molecule has 1 heterocycles. The van der Waals surface area contributed by atoms with E-state index in [4.69, 9.17) is 4.42 Å². The third-order valence-electron chi connectivity index (χ3n) is 6.03. The van der Waals surface area contributed by atoms with Crippen molar-refractivity contribution in [1.82, 2.24) is 0 Å². The fraction of sp³-hybridized carbons (Fsp3) is 0.233. The van der Waals surface area contributed by atoms with E-state index in [1.165, 1.54) is 22.3 Å². The minimum atomic E-state index is -1.21. The maximum Gasteiger partial charge on any atom is 0.259 e. The molecule has 5 heteroatoms. The van der Waals surface area contributed by atoms with E-state index in [0.717, 1.165) is 6.42 Å². The molecule has 0 bridgehead atoms. The average molecular weight is 466 g/mol. The fourth-order valence-corrected chi connectivity index (χ4v) is 4.34. The Morgan fingerprint density at radius 2 is 1.69 bits per heavy atom. The Morgan fingerprint density at radius 1 is 0.943 bits per heavy atom. The number of furan rings is 1.